The molecule has 0 radical (unpaired) electrons. The average Bonchev–Trinajstić information content (AvgIpc) is 3.38. The molecule has 3 N–H and O–H groups in total. The fraction of sp³-hybridized carbons (Fsp3) is 0.464. The van der Waals surface area contributed by atoms with E-state index in [2.05, 4.69) is 10.6 Å². The van der Waals surface area contributed by atoms with E-state index in [4.69, 9.17) is 16.3 Å². The first kappa shape index (κ1) is 28.6. The first-order valence-corrected chi connectivity index (χ1v) is 13.1. The molecule has 37 heavy (non-hydrogen) atoms. The van der Waals surface area contributed by atoms with Crippen molar-refractivity contribution >= 4 is 29.4 Å². The van der Waals surface area contributed by atoms with Crippen LogP contribution in [0.5, 0.6) is 0 Å². The highest BCUT2D eigenvalue weighted by Gasteiger charge is 2.42. The van der Waals surface area contributed by atoms with Crippen molar-refractivity contribution in [2.24, 2.45) is 0 Å². The Morgan fingerprint density at radius 3 is 2.62 bits per heavy atom. The minimum Gasteiger partial charge on any atom is -0.466 e. The molecule has 0 unspecified atom stereocenters. The molecule has 9 heteroatoms. The van der Waals surface area contributed by atoms with Gasteiger partial charge < -0.3 is 25.4 Å². The molecule has 0 saturated carbocycles. The van der Waals surface area contributed by atoms with Crippen LogP contribution in [0.25, 0.3) is 0 Å². The van der Waals surface area contributed by atoms with Crippen molar-refractivity contribution in [2.45, 2.75) is 57.7 Å². The fourth-order valence-electron chi connectivity index (χ4n) is 4.52. The Bertz CT molecular complexity index is 1080. The van der Waals surface area contributed by atoms with Gasteiger partial charge in [0.2, 0.25) is 5.91 Å². The Balaban J connectivity index is 1.58. The number of rotatable bonds is 12. The van der Waals surface area contributed by atoms with Gasteiger partial charge in [-0.25, -0.2) is 0 Å². The Morgan fingerprint density at radius 2 is 1.89 bits per heavy atom. The van der Waals surface area contributed by atoms with E-state index >= 15 is 0 Å². The summed E-state index contributed by atoms with van der Waals surface area (Å²) in [6.45, 7) is 5.49. The molecule has 2 atom stereocenters. The van der Waals surface area contributed by atoms with Crippen LogP contribution in [0.2, 0.25) is 5.02 Å². The molecule has 0 aromatic heterocycles. The summed E-state index contributed by atoms with van der Waals surface area (Å²) in [5.41, 5.74) is 0.690. The Kier molecular flexibility index (Phi) is 10.5. The van der Waals surface area contributed by atoms with E-state index in [9.17, 15) is 19.5 Å². The molecular formula is C28H36ClN3O5. The smallest absolute Gasteiger partial charge is 0.307 e. The fourth-order valence-corrected chi connectivity index (χ4v) is 4.72. The summed E-state index contributed by atoms with van der Waals surface area (Å²) in [6.07, 6.45) is 2.23. The van der Waals surface area contributed by atoms with Crippen molar-refractivity contribution < 1.29 is 24.2 Å². The second-order valence-corrected chi connectivity index (χ2v) is 9.72. The molecule has 1 fully saturated rings. The van der Waals surface area contributed by atoms with E-state index in [1.165, 1.54) is 11.8 Å². The lowest BCUT2D eigenvalue weighted by Gasteiger charge is -2.32. The van der Waals surface area contributed by atoms with Crippen molar-refractivity contribution in [1.82, 2.24) is 15.5 Å². The largest absolute Gasteiger partial charge is 0.466 e. The number of ether oxygens (including phenoxy) is 1. The van der Waals surface area contributed by atoms with Gasteiger partial charge in [-0.3, -0.25) is 14.4 Å². The molecule has 2 aromatic rings. The number of esters is 1. The number of nitrogens with zero attached hydrogens (tertiary/aromatic N) is 1. The van der Waals surface area contributed by atoms with Crippen molar-refractivity contribution in [2.75, 3.05) is 26.2 Å². The van der Waals surface area contributed by atoms with Crippen LogP contribution in [-0.2, 0) is 37.7 Å². The zero-order valence-electron chi connectivity index (χ0n) is 21.5. The Morgan fingerprint density at radius 1 is 1.14 bits per heavy atom. The highest BCUT2D eigenvalue weighted by atomic mass is 35.5. The Hall–Kier alpha value is -2.94. The van der Waals surface area contributed by atoms with Crippen LogP contribution >= 0.6 is 11.6 Å². The molecule has 2 amide bonds. The van der Waals surface area contributed by atoms with Crippen LogP contribution in [0.3, 0.4) is 0 Å². The number of likely N-dealkylation sites (tertiary alicyclic amines) is 1. The summed E-state index contributed by atoms with van der Waals surface area (Å²) in [5.74, 6) is -0.962. The first-order valence-electron chi connectivity index (χ1n) is 12.7. The van der Waals surface area contributed by atoms with Crippen molar-refractivity contribution in [3.05, 3.63) is 70.2 Å². The maximum atomic E-state index is 13.2. The minimum atomic E-state index is -1.72. The molecule has 0 bridgehead atoms. The van der Waals surface area contributed by atoms with E-state index < -0.39 is 17.6 Å². The molecule has 0 aliphatic carbocycles. The van der Waals surface area contributed by atoms with Crippen molar-refractivity contribution in [1.29, 1.82) is 0 Å². The van der Waals surface area contributed by atoms with E-state index in [1.54, 1.807) is 31.2 Å². The summed E-state index contributed by atoms with van der Waals surface area (Å²) >= 11 is 6.22. The number of hydrogen-bond donors (Lipinski definition) is 3. The van der Waals surface area contributed by atoms with E-state index in [0.29, 0.717) is 62.5 Å². The summed E-state index contributed by atoms with van der Waals surface area (Å²) in [7, 11) is 0. The summed E-state index contributed by atoms with van der Waals surface area (Å²) < 4.78 is 4.93. The second kappa shape index (κ2) is 13.6. The standard InChI is InChI=1S/C28H36ClN3O5/c1-3-37-25(33)14-16-30-15-13-20-11-12-23(29)18-21(20)19-31-26(34)24-10-7-17-32(24)27(35)28(2,36)22-8-5-4-6-9-22/h4-6,8-9,11-12,18,24,30,36H,3,7,10,13-17,19H2,1-2H3,(H,31,34)/t24-,28+/m0/s1. The summed E-state index contributed by atoms with van der Waals surface area (Å²) in [4.78, 5) is 39.3. The lowest BCUT2D eigenvalue weighted by atomic mass is 9.94. The number of hydrogen-bond acceptors (Lipinski definition) is 6. The van der Waals surface area contributed by atoms with Crippen molar-refractivity contribution in [3.8, 4) is 0 Å². The van der Waals surface area contributed by atoms with E-state index in [1.807, 2.05) is 24.3 Å². The maximum absolute atomic E-state index is 13.2. The van der Waals surface area contributed by atoms with Gasteiger partial charge in [0.15, 0.2) is 5.60 Å². The van der Waals surface area contributed by atoms with Crippen molar-refractivity contribution in [3.63, 3.8) is 0 Å². The normalized spacial score (nSPS) is 16.8. The highest BCUT2D eigenvalue weighted by Crippen LogP contribution is 2.28. The third kappa shape index (κ3) is 7.77. The van der Waals surface area contributed by atoms with Gasteiger partial charge in [0, 0.05) is 24.7 Å². The van der Waals surface area contributed by atoms with Gasteiger partial charge in [0.25, 0.3) is 5.91 Å². The number of amides is 2. The molecular weight excluding hydrogens is 494 g/mol. The molecule has 8 nitrogen and oxygen atoms in total. The topological polar surface area (TPSA) is 108 Å². The molecule has 2 aromatic carbocycles. The van der Waals surface area contributed by atoms with Crippen LogP contribution in [0, 0.1) is 0 Å². The SMILES string of the molecule is CCOC(=O)CCNCCc1ccc(Cl)cc1CNC(=O)[C@@H]1CCCN1C(=O)[C@](C)(O)c1ccccc1. The zero-order valence-corrected chi connectivity index (χ0v) is 22.2. The second-order valence-electron chi connectivity index (χ2n) is 9.28. The summed E-state index contributed by atoms with van der Waals surface area (Å²) in [5, 5.41) is 17.8. The molecule has 1 saturated heterocycles. The van der Waals surface area contributed by atoms with Crippen LogP contribution < -0.4 is 10.6 Å². The average molecular weight is 530 g/mol. The number of benzene rings is 2. The van der Waals surface area contributed by atoms with Crippen LogP contribution in [0.15, 0.2) is 48.5 Å². The highest BCUT2D eigenvalue weighted by molar-refractivity contribution is 6.30. The molecule has 200 valence electrons. The molecule has 1 aliphatic rings. The number of halogens is 1. The third-order valence-electron chi connectivity index (χ3n) is 6.57. The third-order valence-corrected chi connectivity index (χ3v) is 6.81. The maximum Gasteiger partial charge on any atom is 0.307 e. The zero-order chi connectivity index (χ0) is 26.8. The van der Waals surface area contributed by atoms with Gasteiger partial charge in [-0.15, -0.1) is 0 Å². The molecule has 1 heterocycles. The monoisotopic (exact) mass is 529 g/mol. The van der Waals surface area contributed by atoms with Gasteiger partial charge in [-0.1, -0.05) is 48.0 Å². The molecule has 3 rings (SSSR count). The van der Waals surface area contributed by atoms with Gasteiger partial charge >= 0.3 is 5.97 Å². The number of aliphatic hydroxyl groups is 1. The molecule has 0 spiro atoms. The van der Waals surface area contributed by atoms with Crippen LogP contribution in [0.4, 0.5) is 0 Å². The lowest BCUT2D eigenvalue weighted by Crippen LogP contribution is -2.52. The number of carbonyl (C=O) groups is 3. The quantitative estimate of drug-likeness (QED) is 0.288. The van der Waals surface area contributed by atoms with Gasteiger partial charge in [0.1, 0.15) is 6.04 Å². The lowest BCUT2D eigenvalue weighted by molar-refractivity contribution is -0.154. The minimum absolute atomic E-state index is 0.227. The van der Waals surface area contributed by atoms with E-state index in [0.717, 1.165) is 11.1 Å². The predicted molar refractivity (Wildman–Crippen MR) is 142 cm³/mol. The predicted octanol–water partition coefficient (Wildman–Crippen LogP) is 2.94. The van der Waals surface area contributed by atoms with Gasteiger partial charge in [0.05, 0.1) is 13.0 Å². The number of carbonyl (C=O) groups excluding carboxylic acids is 3. The van der Waals surface area contributed by atoms with Crippen LogP contribution in [-0.4, -0.2) is 60.1 Å². The van der Waals surface area contributed by atoms with Crippen LogP contribution in [0.1, 0.15) is 49.8 Å². The van der Waals surface area contributed by atoms with Gasteiger partial charge in [-0.2, -0.15) is 0 Å². The van der Waals surface area contributed by atoms with E-state index in [-0.39, 0.29) is 18.4 Å². The molecule has 1 aliphatic heterocycles. The summed E-state index contributed by atoms with van der Waals surface area (Å²) in [6, 6.07) is 13.7. The first-order chi connectivity index (χ1) is 17.7. The van der Waals surface area contributed by atoms with Gasteiger partial charge in [-0.05, 0) is 68.5 Å². The Labute approximate surface area is 223 Å². The number of nitrogens with one attached hydrogen (secondary N) is 2.